The number of ether oxygens (including phenoxy) is 1. The van der Waals surface area contributed by atoms with E-state index in [4.69, 9.17) is 16.3 Å². The van der Waals surface area contributed by atoms with Gasteiger partial charge in [-0.1, -0.05) is 24.9 Å². The molecular weight excluding hydrogens is 314 g/mol. The van der Waals surface area contributed by atoms with Crippen LogP contribution >= 0.6 is 11.6 Å². The largest absolute Gasteiger partial charge is 0.375 e. The minimum Gasteiger partial charge on any atom is -0.375 e. The first kappa shape index (κ1) is 18.0. The number of amides is 1. The quantitative estimate of drug-likeness (QED) is 0.773. The molecule has 0 saturated carbocycles. The Morgan fingerprint density at radius 2 is 2.22 bits per heavy atom. The van der Waals surface area contributed by atoms with Crippen LogP contribution < -0.4 is 0 Å². The number of halogens is 1. The number of unbranched alkanes of at least 4 members (excludes halogenated alkanes) is 1. The molecule has 0 aliphatic carbocycles. The van der Waals surface area contributed by atoms with Gasteiger partial charge in [0.2, 0.25) is 5.91 Å². The molecule has 0 spiro atoms. The summed E-state index contributed by atoms with van der Waals surface area (Å²) in [6, 6.07) is 0.0900. The molecule has 2 heterocycles. The van der Waals surface area contributed by atoms with Crippen LogP contribution in [0.3, 0.4) is 0 Å². The smallest absolute Gasteiger partial charge is 0.246 e. The highest BCUT2D eigenvalue weighted by atomic mass is 35.5. The number of morpholine rings is 1. The zero-order valence-corrected chi connectivity index (χ0v) is 15.1. The third-order valence-corrected chi connectivity index (χ3v) is 4.52. The molecular formula is C17H26ClN3O2. The molecule has 6 heteroatoms. The molecule has 5 nitrogen and oxygen atoms in total. The summed E-state index contributed by atoms with van der Waals surface area (Å²) < 4.78 is 7.37. The van der Waals surface area contributed by atoms with Crippen LogP contribution in [0.2, 0.25) is 5.15 Å². The molecule has 1 aromatic rings. The van der Waals surface area contributed by atoms with Crippen LogP contribution in [0.15, 0.2) is 6.08 Å². The highest BCUT2D eigenvalue weighted by Gasteiger charge is 2.26. The van der Waals surface area contributed by atoms with Gasteiger partial charge < -0.3 is 9.64 Å². The Bertz CT molecular complexity index is 583. The van der Waals surface area contributed by atoms with Crippen molar-refractivity contribution >= 4 is 23.6 Å². The van der Waals surface area contributed by atoms with Crippen molar-refractivity contribution in [3.63, 3.8) is 0 Å². The van der Waals surface area contributed by atoms with Crippen LogP contribution in [-0.4, -0.2) is 45.9 Å². The van der Waals surface area contributed by atoms with Crippen LogP contribution in [0, 0.1) is 6.92 Å². The minimum atomic E-state index is -0.00979. The van der Waals surface area contributed by atoms with Gasteiger partial charge in [0, 0.05) is 24.7 Å². The summed E-state index contributed by atoms with van der Waals surface area (Å²) in [5.41, 5.74) is 1.67. The van der Waals surface area contributed by atoms with Crippen LogP contribution in [0.5, 0.6) is 0 Å². The second kappa shape index (κ2) is 7.97. The zero-order valence-electron chi connectivity index (χ0n) is 14.4. The van der Waals surface area contributed by atoms with E-state index in [2.05, 4.69) is 12.0 Å². The molecule has 1 aromatic heterocycles. The fraction of sp³-hybridized carbons (Fsp3) is 0.647. The summed E-state index contributed by atoms with van der Waals surface area (Å²) in [5.74, 6) is -0.00979. The van der Waals surface area contributed by atoms with E-state index in [9.17, 15) is 4.79 Å². The molecule has 1 fully saturated rings. The Hall–Kier alpha value is -1.33. The number of aromatic nitrogens is 2. The second-order valence-electron chi connectivity index (χ2n) is 6.18. The third-order valence-electron chi connectivity index (χ3n) is 4.12. The highest BCUT2D eigenvalue weighted by Crippen LogP contribution is 2.22. The number of hydrogen-bond acceptors (Lipinski definition) is 3. The van der Waals surface area contributed by atoms with Crippen molar-refractivity contribution in [1.29, 1.82) is 0 Å². The lowest BCUT2D eigenvalue weighted by molar-refractivity contribution is -0.137. The average molecular weight is 340 g/mol. The maximum absolute atomic E-state index is 12.4. The molecule has 0 N–H and O–H groups in total. The molecule has 0 bridgehead atoms. The van der Waals surface area contributed by atoms with Crippen molar-refractivity contribution in [1.82, 2.24) is 14.7 Å². The van der Waals surface area contributed by atoms with Gasteiger partial charge in [0.1, 0.15) is 5.15 Å². The normalized spacial score (nSPS) is 22.0. The molecule has 2 rings (SSSR count). The van der Waals surface area contributed by atoms with Crippen molar-refractivity contribution in [2.24, 2.45) is 0 Å². The molecule has 1 amide bonds. The van der Waals surface area contributed by atoms with Crippen molar-refractivity contribution in [3.8, 4) is 0 Å². The van der Waals surface area contributed by atoms with Crippen LogP contribution in [-0.2, 0) is 16.1 Å². The number of rotatable bonds is 5. The van der Waals surface area contributed by atoms with E-state index in [1.54, 1.807) is 12.2 Å². The van der Waals surface area contributed by atoms with E-state index in [1.165, 1.54) is 0 Å². The van der Waals surface area contributed by atoms with E-state index in [0.29, 0.717) is 18.3 Å². The van der Waals surface area contributed by atoms with E-state index in [0.717, 1.165) is 30.6 Å². The summed E-state index contributed by atoms with van der Waals surface area (Å²) in [6.45, 7) is 10.0. The van der Waals surface area contributed by atoms with Crippen LogP contribution in [0.25, 0.3) is 6.08 Å². The molecule has 1 saturated heterocycles. The molecule has 0 radical (unpaired) electrons. The van der Waals surface area contributed by atoms with Crippen molar-refractivity contribution < 1.29 is 9.53 Å². The fourth-order valence-corrected chi connectivity index (χ4v) is 3.00. The summed E-state index contributed by atoms with van der Waals surface area (Å²) in [4.78, 5) is 14.3. The monoisotopic (exact) mass is 339 g/mol. The van der Waals surface area contributed by atoms with Gasteiger partial charge in [-0.3, -0.25) is 9.48 Å². The average Bonchev–Trinajstić information content (AvgIpc) is 2.79. The molecule has 2 unspecified atom stereocenters. The summed E-state index contributed by atoms with van der Waals surface area (Å²) in [5, 5.41) is 5.05. The summed E-state index contributed by atoms with van der Waals surface area (Å²) >= 11 is 6.39. The summed E-state index contributed by atoms with van der Waals surface area (Å²) in [7, 11) is 0. The third kappa shape index (κ3) is 4.36. The van der Waals surface area contributed by atoms with E-state index < -0.39 is 0 Å². The lowest BCUT2D eigenvalue weighted by Gasteiger charge is -2.36. The first-order valence-corrected chi connectivity index (χ1v) is 8.65. The predicted molar refractivity (Wildman–Crippen MR) is 92.5 cm³/mol. The fourth-order valence-electron chi connectivity index (χ4n) is 2.67. The second-order valence-corrected chi connectivity index (χ2v) is 6.54. The van der Waals surface area contributed by atoms with Gasteiger partial charge in [0.25, 0.3) is 0 Å². The Balaban J connectivity index is 2.10. The zero-order chi connectivity index (χ0) is 17.0. The van der Waals surface area contributed by atoms with Crippen LogP contribution in [0.4, 0.5) is 0 Å². The molecule has 1 aliphatic rings. The molecule has 1 aliphatic heterocycles. The van der Waals surface area contributed by atoms with Gasteiger partial charge in [-0.15, -0.1) is 0 Å². The molecule has 2 atom stereocenters. The van der Waals surface area contributed by atoms with Crippen LogP contribution in [0.1, 0.15) is 44.9 Å². The maximum atomic E-state index is 12.4. The Morgan fingerprint density at radius 3 is 2.91 bits per heavy atom. The Kier molecular flexibility index (Phi) is 6.25. The Labute approximate surface area is 143 Å². The Morgan fingerprint density at radius 1 is 1.48 bits per heavy atom. The first-order chi connectivity index (χ1) is 10.9. The maximum Gasteiger partial charge on any atom is 0.246 e. The standard InChI is InChI=1S/C17H26ClN3O2/c1-5-6-9-21-17(18)15(14(4)19-21)7-8-16(22)20-10-13(3)23-11-12(20)2/h7-8,12-13H,5-6,9-11H2,1-4H3/b8-7+. The van der Waals surface area contributed by atoms with Crippen molar-refractivity contribution in [3.05, 3.63) is 22.5 Å². The predicted octanol–water partition coefficient (Wildman–Crippen LogP) is 3.29. The van der Waals surface area contributed by atoms with Gasteiger partial charge >= 0.3 is 0 Å². The lowest BCUT2D eigenvalue weighted by Crippen LogP contribution is -2.49. The van der Waals surface area contributed by atoms with E-state index in [1.807, 2.05) is 30.4 Å². The van der Waals surface area contributed by atoms with Crippen molar-refractivity contribution in [2.45, 2.75) is 59.2 Å². The number of carbonyl (C=O) groups excluding carboxylic acids is 1. The number of aryl methyl sites for hydroxylation is 2. The van der Waals surface area contributed by atoms with Gasteiger partial charge in [-0.25, -0.2) is 0 Å². The van der Waals surface area contributed by atoms with Crippen molar-refractivity contribution in [2.75, 3.05) is 13.2 Å². The topological polar surface area (TPSA) is 47.4 Å². The highest BCUT2D eigenvalue weighted by molar-refractivity contribution is 6.31. The van der Waals surface area contributed by atoms with Gasteiger partial charge in [0.05, 0.1) is 24.4 Å². The summed E-state index contributed by atoms with van der Waals surface area (Å²) in [6.07, 6.45) is 5.57. The molecule has 128 valence electrons. The first-order valence-electron chi connectivity index (χ1n) is 8.27. The van der Waals surface area contributed by atoms with Gasteiger partial charge in [0.15, 0.2) is 0 Å². The number of nitrogens with zero attached hydrogens (tertiary/aromatic N) is 3. The number of carbonyl (C=O) groups is 1. The van der Waals surface area contributed by atoms with E-state index >= 15 is 0 Å². The SMILES string of the molecule is CCCCn1nc(C)c(/C=C/C(=O)N2CC(C)OCC2C)c1Cl. The molecule has 0 aromatic carbocycles. The lowest BCUT2D eigenvalue weighted by atomic mass is 10.2. The number of hydrogen-bond donors (Lipinski definition) is 0. The van der Waals surface area contributed by atoms with Gasteiger partial charge in [-0.2, -0.15) is 5.10 Å². The molecule has 23 heavy (non-hydrogen) atoms. The minimum absolute atomic E-state index is 0.00979. The van der Waals surface area contributed by atoms with Gasteiger partial charge in [-0.05, 0) is 33.3 Å². The van der Waals surface area contributed by atoms with E-state index in [-0.39, 0.29) is 18.1 Å².